The number of amides is 1. The van der Waals surface area contributed by atoms with Gasteiger partial charge in [0.15, 0.2) is 11.5 Å². The fraction of sp³-hybridized carbons (Fsp3) is 0.409. The van der Waals surface area contributed by atoms with Crippen LogP contribution >= 0.6 is 23.1 Å². The smallest absolute Gasteiger partial charge is 0.231 e. The molecule has 3 heterocycles. The summed E-state index contributed by atoms with van der Waals surface area (Å²) in [6.45, 7) is 4.94. The average molecular weight is 442 g/mol. The van der Waals surface area contributed by atoms with E-state index in [1.165, 1.54) is 34.0 Å². The number of thioether (sulfide) groups is 1. The van der Waals surface area contributed by atoms with Crippen molar-refractivity contribution in [3.63, 3.8) is 0 Å². The van der Waals surface area contributed by atoms with E-state index in [2.05, 4.69) is 22.2 Å². The van der Waals surface area contributed by atoms with Crippen molar-refractivity contribution in [2.24, 2.45) is 5.92 Å². The molecule has 2 aromatic heterocycles. The van der Waals surface area contributed by atoms with Crippen LogP contribution in [0.1, 0.15) is 35.2 Å². The maximum atomic E-state index is 12.5. The Bertz CT molecular complexity index is 1130. The zero-order valence-corrected chi connectivity index (χ0v) is 18.6. The predicted molar refractivity (Wildman–Crippen MR) is 118 cm³/mol. The first-order valence-corrected chi connectivity index (χ1v) is 11.9. The summed E-state index contributed by atoms with van der Waals surface area (Å²) in [6, 6.07) is 5.72. The molecule has 5 rings (SSSR count). The number of hydrogen-bond donors (Lipinski definition) is 1. The molecule has 0 saturated heterocycles. The molecule has 3 aromatic rings. The Morgan fingerprint density at radius 2 is 2.17 bits per heavy atom. The Morgan fingerprint density at radius 3 is 3.07 bits per heavy atom. The summed E-state index contributed by atoms with van der Waals surface area (Å²) in [5, 5.41) is 5.09. The first kappa shape index (κ1) is 19.6. The lowest BCUT2D eigenvalue weighted by molar-refractivity contribution is -0.118. The number of aryl methyl sites for hydroxylation is 2. The van der Waals surface area contributed by atoms with Gasteiger partial charge in [0.25, 0.3) is 0 Å². The molecule has 8 heteroatoms. The first-order valence-electron chi connectivity index (χ1n) is 10.1. The molecule has 0 fully saturated rings. The zero-order valence-electron chi connectivity index (χ0n) is 17.0. The minimum atomic E-state index is -0.0141. The van der Waals surface area contributed by atoms with Gasteiger partial charge in [0, 0.05) is 16.8 Å². The Hall–Kier alpha value is -2.32. The Balaban J connectivity index is 1.27. The molecule has 30 heavy (non-hydrogen) atoms. The minimum absolute atomic E-state index is 0.0141. The highest BCUT2D eigenvalue weighted by Gasteiger charge is 2.24. The standard InChI is InChI=1S/C22H23N3O3S2/c1-12-3-5-15-18(7-12)30-22-20(15)21(24-13(2)25-22)29-10-19(26)23-9-14-4-6-16-17(8-14)28-11-27-16/h4,6,8,12H,3,5,7,9-11H2,1-2H3,(H,23,26)/t12-/m0/s1. The summed E-state index contributed by atoms with van der Waals surface area (Å²) in [5.41, 5.74) is 2.38. The van der Waals surface area contributed by atoms with Gasteiger partial charge < -0.3 is 14.8 Å². The van der Waals surface area contributed by atoms with Crippen LogP contribution in [0.3, 0.4) is 0 Å². The van der Waals surface area contributed by atoms with Gasteiger partial charge in [-0.3, -0.25) is 4.79 Å². The fourth-order valence-corrected chi connectivity index (χ4v) is 6.38. The highest BCUT2D eigenvalue weighted by atomic mass is 32.2. The molecule has 1 aromatic carbocycles. The molecule has 0 unspecified atom stereocenters. The lowest BCUT2D eigenvalue weighted by Crippen LogP contribution is -2.24. The molecule has 0 saturated carbocycles. The van der Waals surface area contributed by atoms with Crippen LogP contribution in [0.2, 0.25) is 0 Å². The van der Waals surface area contributed by atoms with Crippen molar-refractivity contribution in [2.45, 2.75) is 44.7 Å². The van der Waals surface area contributed by atoms with E-state index in [1.54, 1.807) is 11.3 Å². The second kappa shape index (κ2) is 8.07. The zero-order chi connectivity index (χ0) is 20.7. The van der Waals surface area contributed by atoms with Gasteiger partial charge in [-0.05, 0) is 55.4 Å². The van der Waals surface area contributed by atoms with Crippen molar-refractivity contribution in [3.05, 3.63) is 40.0 Å². The number of benzene rings is 1. The first-order chi connectivity index (χ1) is 14.6. The SMILES string of the molecule is Cc1nc(SCC(=O)NCc2ccc3c(c2)OCO3)c2c3c(sc2n1)C[C@@H](C)CC3. The second-order valence-electron chi connectivity index (χ2n) is 7.86. The lowest BCUT2D eigenvalue weighted by atomic mass is 9.89. The van der Waals surface area contributed by atoms with E-state index < -0.39 is 0 Å². The lowest BCUT2D eigenvalue weighted by Gasteiger charge is -2.18. The van der Waals surface area contributed by atoms with Crippen molar-refractivity contribution in [2.75, 3.05) is 12.5 Å². The summed E-state index contributed by atoms with van der Waals surface area (Å²) in [7, 11) is 0. The number of aromatic nitrogens is 2. The van der Waals surface area contributed by atoms with Gasteiger partial charge in [-0.25, -0.2) is 9.97 Å². The van der Waals surface area contributed by atoms with Gasteiger partial charge in [-0.15, -0.1) is 11.3 Å². The molecular formula is C22H23N3O3S2. The van der Waals surface area contributed by atoms with E-state index in [0.29, 0.717) is 12.3 Å². The third kappa shape index (κ3) is 3.86. The topological polar surface area (TPSA) is 73.3 Å². The molecule has 1 amide bonds. The van der Waals surface area contributed by atoms with Gasteiger partial charge in [0.05, 0.1) is 5.75 Å². The van der Waals surface area contributed by atoms with E-state index in [4.69, 9.17) is 9.47 Å². The maximum absolute atomic E-state index is 12.5. The Morgan fingerprint density at radius 1 is 1.30 bits per heavy atom. The molecular weight excluding hydrogens is 418 g/mol. The number of thiophene rings is 1. The van der Waals surface area contributed by atoms with Crippen LogP contribution in [0.25, 0.3) is 10.2 Å². The quantitative estimate of drug-likeness (QED) is 0.471. The molecule has 0 spiro atoms. The molecule has 1 atom stereocenters. The summed E-state index contributed by atoms with van der Waals surface area (Å²) in [4.78, 5) is 24.3. The maximum Gasteiger partial charge on any atom is 0.231 e. The van der Waals surface area contributed by atoms with Crippen LogP contribution < -0.4 is 14.8 Å². The van der Waals surface area contributed by atoms with Crippen LogP contribution in [0, 0.1) is 12.8 Å². The number of carbonyl (C=O) groups excluding carboxylic acids is 1. The number of carbonyl (C=O) groups is 1. The third-order valence-electron chi connectivity index (χ3n) is 5.50. The van der Waals surface area contributed by atoms with Gasteiger partial charge in [0.2, 0.25) is 12.7 Å². The minimum Gasteiger partial charge on any atom is -0.454 e. The summed E-state index contributed by atoms with van der Waals surface area (Å²) in [5.74, 6) is 3.27. The summed E-state index contributed by atoms with van der Waals surface area (Å²) < 4.78 is 10.7. The molecule has 0 radical (unpaired) electrons. The normalized spacial score (nSPS) is 17.2. The summed E-state index contributed by atoms with van der Waals surface area (Å²) >= 11 is 3.30. The van der Waals surface area contributed by atoms with Crippen LogP contribution in [0.15, 0.2) is 23.2 Å². The second-order valence-corrected chi connectivity index (χ2v) is 9.91. The molecule has 2 aliphatic rings. The molecule has 1 aliphatic heterocycles. The van der Waals surface area contributed by atoms with Gasteiger partial charge in [-0.2, -0.15) is 0 Å². The number of hydrogen-bond acceptors (Lipinski definition) is 7. The number of rotatable bonds is 5. The van der Waals surface area contributed by atoms with Crippen LogP contribution in [0.5, 0.6) is 11.5 Å². The third-order valence-corrected chi connectivity index (χ3v) is 7.62. The van der Waals surface area contributed by atoms with Crippen molar-refractivity contribution in [1.29, 1.82) is 0 Å². The van der Waals surface area contributed by atoms with Crippen molar-refractivity contribution < 1.29 is 14.3 Å². The molecule has 6 nitrogen and oxygen atoms in total. The highest BCUT2D eigenvalue weighted by Crippen LogP contribution is 2.41. The monoisotopic (exact) mass is 441 g/mol. The van der Waals surface area contributed by atoms with E-state index in [0.717, 1.165) is 51.5 Å². The van der Waals surface area contributed by atoms with E-state index in [-0.39, 0.29) is 12.7 Å². The van der Waals surface area contributed by atoms with Crippen LogP contribution in [-0.4, -0.2) is 28.4 Å². The van der Waals surface area contributed by atoms with Crippen molar-refractivity contribution in [3.8, 4) is 11.5 Å². The number of fused-ring (bicyclic) bond motifs is 4. The Kier molecular flexibility index (Phi) is 5.28. The van der Waals surface area contributed by atoms with E-state index >= 15 is 0 Å². The van der Waals surface area contributed by atoms with Crippen LogP contribution in [0.4, 0.5) is 0 Å². The van der Waals surface area contributed by atoms with Crippen LogP contribution in [-0.2, 0) is 24.2 Å². The molecule has 156 valence electrons. The highest BCUT2D eigenvalue weighted by molar-refractivity contribution is 8.00. The predicted octanol–water partition coefficient (Wildman–Crippen LogP) is 4.26. The number of nitrogens with zero attached hydrogens (tertiary/aromatic N) is 2. The van der Waals surface area contributed by atoms with Gasteiger partial charge in [0.1, 0.15) is 15.7 Å². The van der Waals surface area contributed by atoms with Gasteiger partial charge in [-0.1, -0.05) is 24.8 Å². The Labute approximate surface area is 183 Å². The van der Waals surface area contributed by atoms with Gasteiger partial charge >= 0.3 is 0 Å². The fourth-order valence-electron chi connectivity index (χ4n) is 3.95. The average Bonchev–Trinajstić information content (AvgIpc) is 3.33. The van der Waals surface area contributed by atoms with Crippen molar-refractivity contribution >= 4 is 39.2 Å². The number of nitrogens with one attached hydrogen (secondary N) is 1. The largest absolute Gasteiger partial charge is 0.454 e. The van der Waals surface area contributed by atoms with E-state index in [1.807, 2.05) is 25.1 Å². The van der Waals surface area contributed by atoms with E-state index in [9.17, 15) is 4.79 Å². The molecule has 0 bridgehead atoms. The number of ether oxygens (including phenoxy) is 2. The van der Waals surface area contributed by atoms with Crippen molar-refractivity contribution in [1.82, 2.24) is 15.3 Å². The molecule has 1 N–H and O–H groups in total. The summed E-state index contributed by atoms with van der Waals surface area (Å²) in [6.07, 6.45) is 3.40. The molecule has 1 aliphatic carbocycles.